The van der Waals surface area contributed by atoms with Crippen LogP contribution in [0.25, 0.3) is 0 Å². The summed E-state index contributed by atoms with van der Waals surface area (Å²) in [6, 6.07) is 5.81. The van der Waals surface area contributed by atoms with Gasteiger partial charge in [0.1, 0.15) is 5.60 Å². The smallest absolute Gasteiger partial charge is 0.407 e. The Morgan fingerprint density at radius 1 is 1.34 bits per heavy atom. The maximum atomic E-state index is 12.5. The molecule has 2 N–H and O–H groups in total. The van der Waals surface area contributed by atoms with Crippen molar-refractivity contribution < 1.29 is 27.5 Å². The monoisotopic (exact) mass is 487 g/mol. The zero-order valence-corrected chi connectivity index (χ0v) is 18.6. The second-order valence-electron chi connectivity index (χ2n) is 7.53. The van der Waals surface area contributed by atoms with Crippen LogP contribution in [0.4, 0.5) is 4.79 Å². The first-order valence-corrected chi connectivity index (χ1v) is 11.0. The van der Waals surface area contributed by atoms with Gasteiger partial charge >= 0.3 is 6.09 Å². The van der Waals surface area contributed by atoms with Crippen LogP contribution in [0.15, 0.2) is 27.6 Å². The Kier molecular flexibility index (Phi) is 7.26. The Morgan fingerprint density at radius 2 is 2.03 bits per heavy atom. The van der Waals surface area contributed by atoms with Crippen molar-refractivity contribution in [2.24, 2.45) is 5.92 Å². The first-order chi connectivity index (χ1) is 13.4. The SMILES string of the molecule is CC(C)(C)OC(=O)NCC1CC(C(=O)NS(=O)(=O)c2cc(Br)cc(C#N)c2)CO1. The van der Waals surface area contributed by atoms with Crippen LogP contribution in [-0.2, 0) is 24.3 Å². The highest BCUT2D eigenvalue weighted by Gasteiger charge is 2.33. The minimum Gasteiger partial charge on any atom is -0.444 e. The molecule has 1 heterocycles. The van der Waals surface area contributed by atoms with Gasteiger partial charge in [0.2, 0.25) is 5.91 Å². The number of rotatable bonds is 5. The predicted molar refractivity (Wildman–Crippen MR) is 106 cm³/mol. The first-order valence-electron chi connectivity index (χ1n) is 8.75. The highest BCUT2D eigenvalue weighted by molar-refractivity contribution is 9.10. The summed E-state index contributed by atoms with van der Waals surface area (Å²) in [5, 5.41) is 11.5. The zero-order chi connectivity index (χ0) is 21.8. The van der Waals surface area contributed by atoms with Crippen molar-refractivity contribution >= 4 is 38.0 Å². The number of nitrogens with zero attached hydrogens (tertiary/aromatic N) is 1. The van der Waals surface area contributed by atoms with E-state index >= 15 is 0 Å². The second-order valence-corrected chi connectivity index (χ2v) is 10.1. The molecule has 1 fully saturated rings. The Balaban J connectivity index is 1.93. The molecule has 1 aromatic rings. The quantitative estimate of drug-likeness (QED) is 0.648. The summed E-state index contributed by atoms with van der Waals surface area (Å²) in [5.41, 5.74) is -0.486. The van der Waals surface area contributed by atoms with Crippen molar-refractivity contribution in [1.82, 2.24) is 10.0 Å². The van der Waals surface area contributed by atoms with E-state index in [4.69, 9.17) is 14.7 Å². The third-order valence-corrected chi connectivity index (χ3v) is 5.65. The number of benzene rings is 1. The van der Waals surface area contributed by atoms with Crippen LogP contribution in [0.1, 0.15) is 32.8 Å². The fraction of sp³-hybridized carbons (Fsp3) is 0.500. The van der Waals surface area contributed by atoms with Crippen LogP contribution in [0.5, 0.6) is 0 Å². The second kappa shape index (κ2) is 9.11. The topological polar surface area (TPSA) is 135 Å². The summed E-state index contributed by atoms with van der Waals surface area (Å²) in [7, 11) is -4.14. The van der Waals surface area contributed by atoms with Crippen LogP contribution in [0.3, 0.4) is 0 Å². The molecule has 2 rings (SSSR count). The lowest BCUT2D eigenvalue weighted by atomic mass is 10.1. The number of hydrogen-bond donors (Lipinski definition) is 2. The molecule has 29 heavy (non-hydrogen) atoms. The molecule has 2 amide bonds. The van der Waals surface area contributed by atoms with E-state index in [2.05, 4.69) is 21.2 Å². The van der Waals surface area contributed by atoms with Crippen molar-refractivity contribution in [1.29, 1.82) is 5.26 Å². The molecule has 9 nitrogen and oxygen atoms in total. The summed E-state index contributed by atoms with van der Waals surface area (Å²) in [4.78, 5) is 23.9. The average Bonchev–Trinajstić information content (AvgIpc) is 3.07. The van der Waals surface area contributed by atoms with Crippen molar-refractivity contribution in [2.75, 3.05) is 13.2 Å². The lowest BCUT2D eigenvalue weighted by molar-refractivity contribution is -0.123. The summed E-state index contributed by atoms with van der Waals surface area (Å²) in [6.07, 6.45) is -0.782. The van der Waals surface area contributed by atoms with Gasteiger partial charge in [-0.2, -0.15) is 5.26 Å². The molecule has 0 saturated carbocycles. The maximum Gasteiger partial charge on any atom is 0.407 e. The van der Waals surface area contributed by atoms with Crippen LogP contribution in [0.2, 0.25) is 0 Å². The molecular weight excluding hydrogens is 466 g/mol. The molecule has 11 heteroatoms. The molecule has 0 radical (unpaired) electrons. The van der Waals surface area contributed by atoms with Gasteiger partial charge < -0.3 is 14.8 Å². The van der Waals surface area contributed by atoms with Crippen LogP contribution < -0.4 is 10.0 Å². The normalized spacial score (nSPS) is 19.3. The Bertz CT molecular complexity index is 936. The Morgan fingerprint density at radius 3 is 2.66 bits per heavy atom. The first kappa shape index (κ1) is 23.1. The number of carbonyl (C=O) groups is 2. The van der Waals surface area contributed by atoms with Gasteiger partial charge in [-0.05, 0) is 45.4 Å². The van der Waals surface area contributed by atoms with Crippen LogP contribution in [-0.4, -0.2) is 45.3 Å². The van der Waals surface area contributed by atoms with Gasteiger partial charge in [0, 0.05) is 11.0 Å². The van der Waals surface area contributed by atoms with E-state index in [9.17, 15) is 18.0 Å². The Hall–Kier alpha value is -2.16. The van der Waals surface area contributed by atoms with Crippen molar-refractivity contribution in [2.45, 2.75) is 43.8 Å². The third kappa shape index (κ3) is 6.99. The number of ether oxygens (including phenoxy) is 2. The molecule has 1 aliphatic heterocycles. The molecule has 1 saturated heterocycles. The van der Waals surface area contributed by atoms with Crippen molar-refractivity contribution in [3.05, 3.63) is 28.2 Å². The highest BCUT2D eigenvalue weighted by Crippen LogP contribution is 2.22. The third-order valence-electron chi connectivity index (χ3n) is 3.87. The van der Waals surface area contributed by atoms with E-state index in [1.165, 1.54) is 18.2 Å². The van der Waals surface area contributed by atoms with E-state index in [0.717, 1.165) is 0 Å². The van der Waals surface area contributed by atoms with Gasteiger partial charge in [-0.15, -0.1) is 0 Å². The van der Waals surface area contributed by atoms with E-state index in [1.54, 1.807) is 20.8 Å². The highest BCUT2D eigenvalue weighted by atomic mass is 79.9. The van der Waals surface area contributed by atoms with Crippen molar-refractivity contribution in [3.63, 3.8) is 0 Å². The molecule has 0 aliphatic carbocycles. The molecule has 0 aromatic heterocycles. The molecule has 1 aliphatic rings. The number of amides is 2. The minimum atomic E-state index is -4.14. The molecule has 0 spiro atoms. The summed E-state index contributed by atoms with van der Waals surface area (Å²) < 4.78 is 38.0. The van der Waals surface area contributed by atoms with Gasteiger partial charge in [0.25, 0.3) is 10.0 Å². The van der Waals surface area contributed by atoms with E-state index < -0.39 is 39.6 Å². The van der Waals surface area contributed by atoms with E-state index in [0.29, 0.717) is 4.47 Å². The molecular formula is C18H22BrN3O6S. The fourth-order valence-electron chi connectivity index (χ4n) is 2.60. The minimum absolute atomic E-state index is 0.0317. The predicted octanol–water partition coefficient (Wildman–Crippen LogP) is 2.06. The lowest BCUT2D eigenvalue weighted by Gasteiger charge is -2.20. The number of nitrogens with one attached hydrogen (secondary N) is 2. The lowest BCUT2D eigenvalue weighted by Crippen LogP contribution is -2.37. The number of halogens is 1. The van der Waals surface area contributed by atoms with Crippen molar-refractivity contribution in [3.8, 4) is 6.07 Å². The van der Waals surface area contributed by atoms with Gasteiger partial charge in [-0.25, -0.2) is 17.9 Å². The molecule has 0 bridgehead atoms. The number of sulfonamides is 1. The van der Waals surface area contributed by atoms with Gasteiger partial charge in [0.15, 0.2) is 0 Å². The molecule has 1 aromatic carbocycles. The summed E-state index contributed by atoms with van der Waals surface area (Å²) in [5.74, 6) is -1.39. The number of nitriles is 1. The Labute approximate surface area is 177 Å². The molecule has 158 valence electrons. The van der Waals surface area contributed by atoms with Crippen LogP contribution in [0, 0.1) is 17.2 Å². The standard InChI is InChI=1S/C18H22BrN3O6S/c1-18(2,3)28-17(24)21-9-14-6-12(10-27-14)16(23)22-29(25,26)15-5-11(8-20)4-13(19)7-15/h4-5,7,12,14H,6,9-10H2,1-3H3,(H,21,24)(H,22,23). The van der Waals surface area contributed by atoms with Gasteiger partial charge in [-0.3, -0.25) is 4.79 Å². The summed E-state index contributed by atoms with van der Waals surface area (Å²) in [6.45, 7) is 5.39. The number of alkyl carbamates (subject to hydrolysis) is 1. The molecule has 2 unspecified atom stereocenters. The average molecular weight is 488 g/mol. The van der Waals surface area contributed by atoms with Gasteiger partial charge in [0.05, 0.1) is 35.2 Å². The largest absolute Gasteiger partial charge is 0.444 e. The number of carbonyl (C=O) groups excluding carboxylic acids is 2. The van der Waals surface area contributed by atoms with E-state index in [-0.39, 0.29) is 30.0 Å². The van der Waals surface area contributed by atoms with E-state index in [1.807, 2.05) is 10.8 Å². The maximum absolute atomic E-state index is 12.5. The molecule has 2 atom stereocenters. The fourth-order valence-corrected chi connectivity index (χ4v) is 4.36. The zero-order valence-electron chi connectivity index (χ0n) is 16.2. The number of hydrogen-bond acceptors (Lipinski definition) is 7. The summed E-state index contributed by atoms with van der Waals surface area (Å²) >= 11 is 3.14. The van der Waals surface area contributed by atoms with Gasteiger partial charge in [-0.1, -0.05) is 15.9 Å². The van der Waals surface area contributed by atoms with Crippen LogP contribution >= 0.6 is 15.9 Å².